The van der Waals surface area contributed by atoms with Gasteiger partial charge in [-0.15, -0.1) is 0 Å². The number of anilines is 2. The number of aryl methyl sites for hydroxylation is 1. The lowest BCUT2D eigenvalue weighted by atomic mass is 10.1. The second kappa shape index (κ2) is 7.27. The van der Waals surface area contributed by atoms with Gasteiger partial charge in [0.2, 0.25) is 0 Å². The first-order valence-electron chi connectivity index (χ1n) is 8.38. The van der Waals surface area contributed by atoms with E-state index in [1.165, 1.54) is 18.4 Å². The van der Waals surface area contributed by atoms with Crippen LogP contribution in [0.5, 0.6) is 0 Å². The Bertz CT molecular complexity index is 661. The summed E-state index contributed by atoms with van der Waals surface area (Å²) in [5, 5.41) is 6.43. The van der Waals surface area contributed by atoms with Crippen molar-refractivity contribution in [3.63, 3.8) is 0 Å². The Balaban J connectivity index is 1.65. The Labute approximate surface area is 137 Å². The van der Waals surface area contributed by atoms with Gasteiger partial charge in [-0.1, -0.05) is 38.0 Å². The van der Waals surface area contributed by atoms with Crippen molar-refractivity contribution in [3.8, 4) is 0 Å². The molecular weight excluding hydrogens is 286 g/mol. The predicted octanol–water partition coefficient (Wildman–Crippen LogP) is 4.06. The Morgan fingerprint density at radius 3 is 2.65 bits per heavy atom. The molecule has 0 radical (unpaired) electrons. The zero-order chi connectivity index (χ0) is 16.1. The van der Waals surface area contributed by atoms with Gasteiger partial charge in [-0.25, -0.2) is 4.98 Å². The number of amides is 1. The minimum absolute atomic E-state index is 0.0718. The highest BCUT2D eigenvalue weighted by Gasteiger charge is 2.18. The SMILES string of the molecule is CCc1ccccc1Nc1ccc(C(=O)NC2CCCC2)nc1. The smallest absolute Gasteiger partial charge is 0.270 e. The average Bonchev–Trinajstić information content (AvgIpc) is 3.09. The molecule has 4 heteroatoms. The van der Waals surface area contributed by atoms with E-state index in [0.29, 0.717) is 11.7 Å². The van der Waals surface area contributed by atoms with E-state index >= 15 is 0 Å². The van der Waals surface area contributed by atoms with E-state index in [2.05, 4.69) is 34.7 Å². The maximum absolute atomic E-state index is 12.2. The number of para-hydroxylation sites is 1. The van der Waals surface area contributed by atoms with Gasteiger partial charge < -0.3 is 10.6 Å². The van der Waals surface area contributed by atoms with Crippen LogP contribution in [0.1, 0.15) is 48.7 Å². The Kier molecular flexibility index (Phi) is 4.91. The molecule has 0 bridgehead atoms. The molecular formula is C19H23N3O. The highest BCUT2D eigenvalue weighted by Crippen LogP contribution is 2.21. The molecule has 4 nitrogen and oxygen atoms in total. The lowest BCUT2D eigenvalue weighted by Crippen LogP contribution is -2.33. The first-order chi connectivity index (χ1) is 11.3. The number of pyridine rings is 1. The number of benzene rings is 1. The third-order valence-corrected chi connectivity index (χ3v) is 4.36. The van der Waals surface area contributed by atoms with Crippen molar-refractivity contribution in [2.75, 3.05) is 5.32 Å². The van der Waals surface area contributed by atoms with Crippen molar-refractivity contribution in [1.82, 2.24) is 10.3 Å². The number of nitrogens with zero attached hydrogens (tertiary/aromatic N) is 1. The van der Waals surface area contributed by atoms with Crippen LogP contribution >= 0.6 is 0 Å². The summed E-state index contributed by atoms with van der Waals surface area (Å²) in [4.78, 5) is 16.5. The standard InChI is InChI=1S/C19H23N3O/c1-2-14-7-3-6-10-17(14)21-16-11-12-18(20-13-16)19(23)22-15-8-4-5-9-15/h3,6-7,10-13,15,21H,2,4-5,8-9H2,1H3,(H,22,23). The number of nitrogens with one attached hydrogen (secondary N) is 2. The third-order valence-electron chi connectivity index (χ3n) is 4.36. The van der Waals surface area contributed by atoms with Gasteiger partial charge in [-0.3, -0.25) is 4.79 Å². The summed E-state index contributed by atoms with van der Waals surface area (Å²) in [6.07, 6.45) is 7.27. The van der Waals surface area contributed by atoms with Crippen molar-refractivity contribution < 1.29 is 4.79 Å². The molecule has 0 atom stereocenters. The van der Waals surface area contributed by atoms with Crippen molar-refractivity contribution in [2.45, 2.75) is 45.1 Å². The normalized spacial score (nSPS) is 14.7. The van der Waals surface area contributed by atoms with Crippen molar-refractivity contribution >= 4 is 17.3 Å². The number of rotatable bonds is 5. The van der Waals surface area contributed by atoms with E-state index in [1.807, 2.05) is 18.2 Å². The Morgan fingerprint density at radius 2 is 1.96 bits per heavy atom. The van der Waals surface area contributed by atoms with Gasteiger partial charge in [0.05, 0.1) is 11.9 Å². The molecule has 0 saturated heterocycles. The van der Waals surface area contributed by atoms with Crippen LogP contribution in [0.4, 0.5) is 11.4 Å². The van der Waals surface area contributed by atoms with Gasteiger partial charge in [-0.2, -0.15) is 0 Å². The average molecular weight is 309 g/mol. The van der Waals surface area contributed by atoms with Crippen LogP contribution in [0.25, 0.3) is 0 Å². The molecule has 0 unspecified atom stereocenters. The molecule has 1 heterocycles. The lowest BCUT2D eigenvalue weighted by Gasteiger charge is -2.13. The molecule has 120 valence electrons. The lowest BCUT2D eigenvalue weighted by molar-refractivity contribution is 0.0933. The second-order valence-corrected chi connectivity index (χ2v) is 6.02. The number of carbonyl (C=O) groups excluding carboxylic acids is 1. The maximum Gasteiger partial charge on any atom is 0.270 e. The monoisotopic (exact) mass is 309 g/mol. The second-order valence-electron chi connectivity index (χ2n) is 6.02. The van der Waals surface area contributed by atoms with Crippen molar-refractivity contribution in [2.24, 2.45) is 0 Å². The molecule has 1 aromatic heterocycles. The topological polar surface area (TPSA) is 54.0 Å². The van der Waals surface area contributed by atoms with Crippen LogP contribution < -0.4 is 10.6 Å². The quantitative estimate of drug-likeness (QED) is 0.875. The van der Waals surface area contributed by atoms with Gasteiger partial charge >= 0.3 is 0 Å². The zero-order valence-corrected chi connectivity index (χ0v) is 13.5. The van der Waals surface area contributed by atoms with E-state index < -0.39 is 0 Å². The van der Waals surface area contributed by atoms with Crippen molar-refractivity contribution in [3.05, 3.63) is 53.9 Å². The minimum atomic E-state index is -0.0718. The van der Waals surface area contributed by atoms with Crippen LogP contribution in [0, 0.1) is 0 Å². The van der Waals surface area contributed by atoms with Crippen molar-refractivity contribution in [1.29, 1.82) is 0 Å². The molecule has 1 saturated carbocycles. The first kappa shape index (κ1) is 15.5. The van der Waals surface area contributed by atoms with Crippen LogP contribution in [-0.4, -0.2) is 16.9 Å². The molecule has 1 fully saturated rings. The fraction of sp³-hybridized carbons (Fsp3) is 0.368. The van der Waals surface area contributed by atoms with Gasteiger partial charge in [-0.05, 0) is 43.0 Å². The Morgan fingerprint density at radius 1 is 1.17 bits per heavy atom. The van der Waals surface area contributed by atoms with Gasteiger partial charge in [0.1, 0.15) is 5.69 Å². The molecule has 1 amide bonds. The molecule has 1 aliphatic rings. The van der Waals surface area contributed by atoms with Gasteiger partial charge in [0.25, 0.3) is 5.91 Å². The van der Waals surface area contributed by atoms with Crippen LogP contribution in [0.15, 0.2) is 42.6 Å². The van der Waals surface area contributed by atoms with E-state index in [1.54, 1.807) is 12.3 Å². The minimum Gasteiger partial charge on any atom is -0.354 e. The molecule has 1 aliphatic carbocycles. The number of hydrogen-bond donors (Lipinski definition) is 2. The van der Waals surface area contributed by atoms with E-state index in [9.17, 15) is 4.79 Å². The van der Waals surface area contributed by atoms with E-state index in [4.69, 9.17) is 0 Å². The molecule has 2 N–H and O–H groups in total. The largest absolute Gasteiger partial charge is 0.354 e. The summed E-state index contributed by atoms with van der Waals surface area (Å²) < 4.78 is 0. The summed E-state index contributed by atoms with van der Waals surface area (Å²) in [6.45, 7) is 2.13. The summed E-state index contributed by atoms with van der Waals surface area (Å²) in [6, 6.07) is 12.2. The maximum atomic E-state index is 12.2. The van der Waals surface area contributed by atoms with Gasteiger partial charge in [0.15, 0.2) is 0 Å². The third kappa shape index (κ3) is 3.89. The van der Waals surface area contributed by atoms with E-state index in [-0.39, 0.29) is 5.91 Å². The van der Waals surface area contributed by atoms with Crippen LogP contribution in [0.3, 0.4) is 0 Å². The fourth-order valence-corrected chi connectivity index (χ4v) is 3.04. The zero-order valence-electron chi connectivity index (χ0n) is 13.5. The fourth-order valence-electron chi connectivity index (χ4n) is 3.04. The molecule has 1 aromatic carbocycles. The highest BCUT2D eigenvalue weighted by molar-refractivity contribution is 5.92. The van der Waals surface area contributed by atoms with E-state index in [0.717, 1.165) is 30.6 Å². The Hall–Kier alpha value is -2.36. The molecule has 0 aliphatic heterocycles. The summed E-state index contributed by atoms with van der Waals surface area (Å²) in [7, 11) is 0. The highest BCUT2D eigenvalue weighted by atomic mass is 16.1. The predicted molar refractivity (Wildman–Crippen MR) is 93.1 cm³/mol. The first-order valence-corrected chi connectivity index (χ1v) is 8.38. The van der Waals surface area contributed by atoms with Gasteiger partial charge in [0, 0.05) is 11.7 Å². The van der Waals surface area contributed by atoms with Crippen LogP contribution in [-0.2, 0) is 6.42 Å². The van der Waals surface area contributed by atoms with Crippen LogP contribution in [0.2, 0.25) is 0 Å². The number of hydrogen-bond acceptors (Lipinski definition) is 3. The molecule has 23 heavy (non-hydrogen) atoms. The summed E-state index contributed by atoms with van der Waals surface area (Å²) >= 11 is 0. The molecule has 2 aromatic rings. The summed E-state index contributed by atoms with van der Waals surface area (Å²) in [5.41, 5.74) is 3.71. The number of carbonyl (C=O) groups is 1. The molecule has 3 rings (SSSR count). The molecule has 0 spiro atoms. The summed E-state index contributed by atoms with van der Waals surface area (Å²) in [5.74, 6) is -0.0718. The number of aromatic nitrogens is 1.